The first-order valence-corrected chi connectivity index (χ1v) is 18.3. The van der Waals surface area contributed by atoms with Crippen LogP contribution in [-0.4, -0.2) is 90.3 Å². The minimum atomic E-state index is -1.51. The van der Waals surface area contributed by atoms with Crippen molar-refractivity contribution in [1.82, 2.24) is 10.2 Å². The van der Waals surface area contributed by atoms with Crippen LogP contribution < -0.4 is 15.1 Å². The molecule has 0 aliphatic carbocycles. The zero-order valence-electron chi connectivity index (χ0n) is 29.9. The van der Waals surface area contributed by atoms with Crippen LogP contribution in [0.2, 0.25) is 0 Å². The first-order chi connectivity index (χ1) is 24.6. The molecule has 2 aromatic rings. The molecule has 11 nitrogen and oxygen atoms in total. The van der Waals surface area contributed by atoms with Crippen molar-refractivity contribution < 1.29 is 33.8 Å². The Morgan fingerprint density at radius 2 is 1.71 bits per heavy atom. The van der Waals surface area contributed by atoms with E-state index in [1.807, 2.05) is 74.5 Å². The quantitative estimate of drug-likeness (QED) is 0.295. The third-order valence-electron chi connectivity index (χ3n) is 10.6. The van der Waals surface area contributed by atoms with E-state index >= 15 is 0 Å². The number of nitrogens with zero attached hydrogens (tertiary/aromatic N) is 3. The van der Waals surface area contributed by atoms with Crippen LogP contribution in [0.1, 0.15) is 58.6 Å². The zero-order chi connectivity index (χ0) is 36.3. The van der Waals surface area contributed by atoms with E-state index in [0.717, 1.165) is 18.8 Å². The summed E-state index contributed by atoms with van der Waals surface area (Å²) in [7, 11) is 0. The van der Waals surface area contributed by atoms with Gasteiger partial charge in [0.1, 0.15) is 23.7 Å². The maximum atomic E-state index is 15.0. The lowest BCUT2D eigenvalue weighted by atomic mass is 9.77. The molecule has 0 radical (unpaired) electrons. The van der Waals surface area contributed by atoms with Crippen LogP contribution in [0.3, 0.4) is 0 Å². The topological polar surface area (TPSA) is 129 Å². The summed E-state index contributed by atoms with van der Waals surface area (Å²) in [6.07, 6.45) is 6.52. The van der Waals surface area contributed by atoms with Gasteiger partial charge in [0.25, 0.3) is 5.91 Å². The van der Waals surface area contributed by atoms with Crippen LogP contribution in [0.25, 0.3) is 0 Å². The Morgan fingerprint density at radius 3 is 2.37 bits per heavy atom. The van der Waals surface area contributed by atoms with Crippen molar-refractivity contribution in [2.45, 2.75) is 76.9 Å². The predicted octanol–water partition coefficient (Wildman–Crippen LogP) is 4.17. The zero-order valence-corrected chi connectivity index (χ0v) is 29.9. The van der Waals surface area contributed by atoms with Gasteiger partial charge in [0.2, 0.25) is 11.8 Å². The number of benzene rings is 2. The SMILES string of the molecule is CCN(CC)c1ccc(N2CC=C[C@]34O[C@@H]5/C=C\CCC(=O)NC[C@@H](c6ccccc6)OC(=O)[C@@H]5[C@H]3C(=O)N([C@@H](CO)CC(C)C)[C@@H]4C2=O)cc1. The van der Waals surface area contributed by atoms with E-state index in [1.54, 1.807) is 23.1 Å². The van der Waals surface area contributed by atoms with E-state index in [1.165, 1.54) is 4.90 Å². The van der Waals surface area contributed by atoms with Crippen molar-refractivity contribution in [3.63, 3.8) is 0 Å². The molecule has 2 fully saturated rings. The second-order valence-corrected chi connectivity index (χ2v) is 14.2. The summed E-state index contributed by atoms with van der Waals surface area (Å²) in [5, 5.41) is 13.6. The molecule has 2 N–H and O–H groups in total. The summed E-state index contributed by atoms with van der Waals surface area (Å²) in [5.41, 5.74) is 0.900. The third-order valence-corrected chi connectivity index (χ3v) is 10.6. The normalized spacial score (nSPS) is 29.3. The summed E-state index contributed by atoms with van der Waals surface area (Å²) < 4.78 is 13.0. The molecule has 6 rings (SSSR count). The fraction of sp³-hybridized carbons (Fsp3) is 0.500. The molecule has 1 spiro atoms. The summed E-state index contributed by atoms with van der Waals surface area (Å²) in [5.74, 6) is -3.67. The first kappa shape index (κ1) is 36.3. The molecule has 0 saturated carbocycles. The number of hydrogen-bond acceptors (Lipinski definition) is 8. The lowest BCUT2D eigenvalue weighted by Crippen LogP contribution is -2.58. The Labute approximate surface area is 300 Å². The predicted molar refractivity (Wildman–Crippen MR) is 194 cm³/mol. The second-order valence-electron chi connectivity index (χ2n) is 14.2. The molecule has 0 aromatic heterocycles. The molecule has 0 bridgehead atoms. The van der Waals surface area contributed by atoms with Gasteiger partial charge in [0.05, 0.1) is 31.2 Å². The van der Waals surface area contributed by atoms with E-state index in [9.17, 15) is 24.3 Å². The van der Waals surface area contributed by atoms with E-state index in [-0.39, 0.29) is 43.8 Å². The Morgan fingerprint density at radius 1 is 0.980 bits per heavy atom. The molecule has 4 aliphatic rings. The van der Waals surface area contributed by atoms with Gasteiger partial charge in [0.15, 0.2) is 0 Å². The maximum absolute atomic E-state index is 15.0. The number of carbonyl (C=O) groups is 4. The Kier molecular flexibility index (Phi) is 11.0. The van der Waals surface area contributed by atoms with E-state index in [2.05, 4.69) is 24.1 Å². The second kappa shape index (κ2) is 15.4. The monoisotopic (exact) mass is 698 g/mol. The number of allylic oxidation sites excluding steroid dienone is 1. The Balaban J connectivity index is 1.43. The van der Waals surface area contributed by atoms with Gasteiger partial charge in [-0.05, 0) is 62.4 Å². The fourth-order valence-electron chi connectivity index (χ4n) is 8.22. The van der Waals surface area contributed by atoms with Gasteiger partial charge >= 0.3 is 5.97 Å². The van der Waals surface area contributed by atoms with Crippen LogP contribution in [0, 0.1) is 17.8 Å². The van der Waals surface area contributed by atoms with Crippen molar-refractivity contribution in [2.75, 3.05) is 42.6 Å². The van der Waals surface area contributed by atoms with Gasteiger partial charge in [-0.3, -0.25) is 19.2 Å². The standard InChI is InChI=1S/C40H50N4O7/c1-5-42(6-2)28-17-19-29(20-18-28)43-22-12-21-40-35(37(47)44(36(40)38(43)48)30(25-45)23-26(3)4)34-31(51-40)15-10-11-16-33(46)41-24-32(50-39(34)49)27-13-8-7-9-14-27/h7-10,12-15,17-21,26,30-32,34-36,45H,5-6,11,16,22-25H2,1-4H3,(H,41,46)/b15-10-/t30-,31-,32+,34+,35+,36-,40+/m1/s1. The minimum Gasteiger partial charge on any atom is -0.455 e. The van der Waals surface area contributed by atoms with E-state index in [0.29, 0.717) is 24.1 Å². The number of ether oxygens (including phenoxy) is 2. The van der Waals surface area contributed by atoms with Gasteiger partial charge in [-0.1, -0.05) is 68.5 Å². The molecular formula is C40H50N4O7. The van der Waals surface area contributed by atoms with Crippen molar-refractivity contribution >= 4 is 35.1 Å². The molecular weight excluding hydrogens is 648 g/mol. The highest BCUT2D eigenvalue weighted by atomic mass is 16.6. The molecule has 0 unspecified atom stereocenters. The molecule has 4 heterocycles. The molecule has 51 heavy (non-hydrogen) atoms. The molecule has 272 valence electrons. The summed E-state index contributed by atoms with van der Waals surface area (Å²) in [4.78, 5) is 62.4. The largest absolute Gasteiger partial charge is 0.455 e. The highest BCUT2D eigenvalue weighted by Crippen LogP contribution is 2.54. The number of anilines is 2. The molecule has 2 aromatic carbocycles. The molecule has 11 heteroatoms. The maximum Gasteiger partial charge on any atom is 0.313 e. The molecule has 2 saturated heterocycles. The number of fused-ring (bicyclic) bond motifs is 2. The average molecular weight is 699 g/mol. The van der Waals surface area contributed by atoms with Gasteiger partial charge in [-0.2, -0.15) is 0 Å². The van der Waals surface area contributed by atoms with Crippen molar-refractivity contribution in [3.8, 4) is 0 Å². The first-order valence-electron chi connectivity index (χ1n) is 18.3. The van der Waals surface area contributed by atoms with Crippen LogP contribution in [0.5, 0.6) is 0 Å². The van der Waals surface area contributed by atoms with Crippen LogP contribution in [0.15, 0.2) is 78.9 Å². The number of rotatable bonds is 9. The van der Waals surface area contributed by atoms with Crippen LogP contribution >= 0.6 is 0 Å². The minimum absolute atomic E-state index is 0.0659. The lowest BCUT2D eigenvalue weighted by molar-refractivity contribution is -0.160. The van der Waals surface area contributed by atoms with Gasteiger partial charge < -0.3 is 34.6 Å². The van der Waals surface area contributed by atoms with Crippen LogP contribution in [0.4, 0.5) is 11.4 Å². The highest BCUT2D eigenvalue weighted by Gasteiger charge is 2.72. The van der Waals surface area contributed by atoms with Crippen molar-refractivity contribution in [1.29, 1.82) is 0 Å². The molecule has 3 amide bonds. The number of aliphatic hydroxyl groups excluding tert-OH is 1. The van der Waals surface area contributed by atoms with Gasteiger partial charge in [0, 0.05) is 37.4 Å². The smallest absolute Gasteiger partial charge is 0.313 e. The number of cyclic esters (lactones) is 1. The molecule has 4 aliphatic heterocycles. The number of nitrogens with one attached hydrogen (secondary N) is 1. The number of aliphatic hydroxyl groups is 1. The van der Waals surface area contributed by atoms with Crippen LogP contribution in [-0.2, 0) is 28.7 Å². The van der Waals surface area contributed by atoms with Gasteiger partial charge in [-0.15, -0.1) is 0 Å². The van der Waals surface area contributed by atoms with E-state index in [4.69, 9.17) is 9.47 Å². The Hall–Kier alpha value is -4.48. The third kappa shape index (κ3) is 6.93. The summed E-state index contributed by atoms with van der Waals surface area (Å²) in [6, 6.07) is 15.1. The number of hydrogen-bond donors (Lipinski definition) is 2. The number of likely N-dealkylation sites (tertiary alicyclic amines) is 1. The summed E-state index contributed by atoms with van der Waals surface area (Å²) in [6.45, 7) is 9.82. The van der Waals surface area contributed by atoms with E-state index < -0.39 is 53.6 Å². The fourth-order valence-corrected chi connectivity index (χ4v) is 8.22. The van der Waals surface area contributed by atoms with Crippen molar-refractivity contribution in [2.24, 2.45) is 17.8 Å². The number of amides is 3. The summed E-state index contributed by atoms with van der Waals surface area (Å²) >= 11 is 0. The highest BCUT2D eigenvalue weighted by molar-refractivity contribution is 6.05. The number of carbonyl (C=O) groups excluding carboxylic acids is 4. The number of esters is 1. The Bertz CT molecular complexity index is 1640. The van der Waals surface area contributed by atoms with Crippen molar-refractivity contribution in [3.05, 3.63) is 84.5 Å². The lowest BCUT2D eigenvalue weighted by Gasteiger charge is -2.39. The average Bonchev–Trinajstić information content (AvgIpc) is 3.52. The molecule has 7 atom stereocenters. The van der Waals surface area contributed by atoms with Gasteiger partial charge in [-0.25, -0.2) is 0 Å².